The van der Waals surface area contributed by atoms with Crippen LogP contribution in [0, 0.1) is 11.6 Å². The van der Waals surface area contributed by atoms with Crippen molar-refractivity contribution in [3.63, 3.8) is 0 Å². The van der Waals surface area contributed by atoms with E-state index in [1.54, 1.807) is 6.07 Å². The predicted molar refractivity (Wildman–Crippen MR) is 98.4 cm³/mol. The number of hydrogen-bond acceptors (Lipinski definition) is 4. The maximum absolute atomic E-state index is 14.0. The first-order valence-electron chi connectivity index (χ1n) is 9.18. The highest BCUT2D eigenvalue weighted by Crippen LogP contribution is 2.45. The van der Waals surface area contributed by atoms with Crippen LogP contribution in [0.25, 0.3) is 0 Å². The van der Waals surface area contributed by atoms with E-state index in [-0.39, 0.29) is 5.82 Å². The third kappa shape index (κ3) is 5.05. The molecule has 0 radical (unpaired) electrons. The Bertz CT molecular complexity index is 922. The van der Waals surface area contributed by atoms with Crippen LogP contribution in [0.1, 0.15) is 37.4 Å². The predicted octanol–water partition coefficient (Wildman–Crippen LogP) is 3.74. The molecule has 1 aromatic carbocycles. The molecular formula is C20H20F5N3O2. The number of amides is 1. The SMILES string of the molecule is CC(O)(CC(=O)NC1(c2cccc(NCC(F)(F)F)n2)CC1)c1c(F)cccc1F. The van der Waals surface area contributed by atoms with Crippen molar-refractivity contribution in [1.29, 1.82) is 0 Å². The number of anilines is 1. The average molecular weight is 429 g/mol. The Morgan fingerprint density at radius 1 is 1.13 bits per heavy atom. The summed E-state index contributed by atoms with van der Waals surface area (Å²) in [5.41, 5.74) is -3.24. The molecule has 0 aliphatic heterocycles. The highest BCUT2D eigenvalue weighted by Gasteiger charge is 2.48. The van der Waals surface area contributed by atoms with E-state index < -0.39 is 53.4 Å². The highest BCUT2D eigenvalue weighted by atomic mass is 19.4. The Kier molecular flexibility index (Phi) is 5.72. The Balaban J connectivity index is 1.71. The minimum absolute atomic E-state index is 0.00535. The van der Waals surface area contributed by atoms with Crippen LogP contribution in [0.5, 0.6) is 0 Å². The van der Waals surface area contributed by atoms with Crippen molar-refractivity contribution < 1.29 is 31.9 Å². The molecule has 1 saturated carbocycles. The molecule has 3 rings (SSSR count). The Morgan fingerprint density at radius 2 is 1.73 bits per heavy atom. The number of alkyl halides is 3. The van der Waals surface area contributed by atoms with E-state index >= 15 is 0 Å². The molecule has 10 heteroatoms. The van der Waals surface area contributed by atoms with Crippen LogP contribution < -0.4 is 10.6 Å². The van der Waals surface area contributed by atoms with Crippen LogP contribution in [0.2, 0.25) is 0 Å². The zero-order chi connectivity index (χ0) is 22.2. The molecule has 0 saturated heterocycles. The number of benzene rings is 1. The first-order valence-corrected chi connectivity index (χ1v) is 9.18. The maximum Gasteiger partial charge on any atom is 0.405 e. The first kappa shape index (κ1) is 21.9. The highest BCUT2D eigenvalue weighted by molar-refractivity contribution is 5.79. The van der Waals surface area contributed by atoms with Gasteiger partial charge in [-0.25, -0.2) is 13.8 Å². The number of carbonyl (C=O) groups excluding carboxylic acids is 1. The first-order chi connectivity index (χ1) is 13.9. The number of carbonyl (C=O) groups is 1. The van der Waals surface area contributed by atoms with E-state index in [1.165, 1.54) is 12.1 Å². The average Bonchev–Trinajstić information content (AvgIpc) is 3.39. The van der Waals surface area contributed by atoms with Gasteiger partial charge in [0.1, 0.15) is 29.6 Å². The van der Waals surface area contributed by atoms with Crippen molar-refractivity contribution in [3.05, 3.63) is 59.3 Å². The van der Waals surface area contributed by atoms with Crippen LogP contribution in [0.15, 0.2) is 36.4 Å². The number of pyridine rings is 1. The fraction of sp³-hybridized carbons (Fsp3) is 0.400. The van der Waals surface area contributed by atoms with Gasteiger partial charge in [-0.2, -0.15) is 13.2 Å². The van der Waals surface area contributed by atoms with Gasteiger partial charge in [-0.3, -0.25) is 4.79 Å². The van der Waals surface area contributed by atoms with Crippen LogP contribution in [0.3, 0.4) is 0 Å². The van der Waals surface area contributed by atoms with Crippen LogP contribution in [-0.2, 0) is 15.9 Å². The number of rotatable bonds is 7. The van der Waals surface area contributed by atoms with Crippen molar-refractivity contribution in [2.45, 2.75) is 43.5 Å². The molecule has 0 bridgehead atoms. The normalized spacial score (nSPS) is 17.2. The zero-order valence-corrected chi connectivity index (χ0v) is 16.0. The van der Waals surface area contributed by atoms with Gasteiger partial charge in [0.05, 0.1) is 23.2 Å². The van der Waals surface area contributed by atoms with Gasteiger partial charge in [-0.15, -0.1) is 0 Å². The minimum atomic E-state index is -4.41. The van der Waals surface area contributed by atoms with Crippen molar-refractivity contribution in [3.8, 4) is 0 Å². The van der Waals surface area contributed by atoms with Gasteiger partial charge < -0.3 is 15.7 Å². The molecule has 30 heavy (non-hydrogen) atoms. The summed E-state index contributed by atoms with van der Waals surface area (Å²) in [5.74, 6) is -2.61. The number of aromatic nitrogens is 1. The van der Waals surface area contributed by atoms with E-state index in [4.69, 9.17) is 0 Å². The van der Waals surface area contributed by atoms with Gasteiger partial charge in [0, 0.05) is 0 Å². The monoisotopic (exact) mass is 429 g/mol. The third-order valence-electron chi connectivity index (χ3n) is 4.84. The minimum Gasteiger partial charge on any atom is -0.385 e. The lowest BCUT2D eigenvalue weighted by atomic mass is 9.91. The summed E-state index contributed by atoms with van der Waals surface area (Å²) in [5, 5.41) is 15.4. The standard InChI is InChI=1S/C20H20F5N3O2/c1-18(30,17-12(21)4-2-5-13(17)22)10-16(29)28-19(8-9-19)14-6-3-7-15(27-14)26-11-20(23,24)25/h2-7,30H,8-11H2,1H3,(H,26,27)(H,28,29). The van der Waals surface area contributed by atoms with Crippen molar-refractivity contribution >= 4 is 11.7 Å². The van der Waals surface area contributed by atoms with Crippen molar-refractivity contribution in [2.24, 2.45) is 0 Å². The fourth-order valence-electron chi connectivity index (χ4n) is 3.29. The van der Waals surface area contributed by atoms with Crippen LogP contribution in [0.4, 0.5) is 27.8 Å². The molecule has 2 aromatic rings. The van der Waals surface area contributed by atoms with Gasteiger partial charge >= 0.3 is 6.18 Å². The molecular weight excluding hydrogens is 409 g/mol. The number of hydrogen-bond donors (Lipinski definition) is 3. The lowest BCUT2D eigenvalue weighted by molar-refractivity contribution is -0.127. The van der Waals surface area contributed by atoms with Crippen molar-refractivity contribution in [1.82, 2.24) is 10.3 Å². The number of aliphatic hydroxyl groups is 1. The summed E-state index contributed by atoms with van der Waals surface area (Å²) in [6, 6.07) is 7.57. The second-order valence-electron chi connectivity index (χ2n) is 7.55. The van der Waals surface area contributed by atoms with Gasteiger partial charge in [-0.05, 0) is 44.0 Å². The summed E-state index contributed by atoms with van der Waals surface area (Å²) in [6.07, 6.45) is -4.04. The Labute approximate surface area is 169 Å². The van der Waals surface area contributed by atoms with Gasteiger partial charge in [0.2, 0.25) is 5.91 Å². The fourth-order valence-corrected chi connectivity index (χ4v) is 3.29. The zero-order valence-electron chi connectivity index (χ0n) is 16.0. The summed E-state index contributed by atoms with van der Waals surface area (Å²) in [7, 11) is 0. The van der Waals surface area contributed by atoms with E-state index in [9.17, 15) is 31.9 Å². The molecule has 1 aliphatic carbocycles. The van der Waals surface area contributed by atoms with Gasteiger partial charge in [-0.1, -0.05) is 12.1 Å². The molecule has 162 valence electrons. The van der Waals surface area contributed by atoms with Crippen molar-refractivity contribution in [2.75, 3.05) is 11.9 Å². The lowest BCUT2D eigenvalue weighted by Crippen LogP contribution is -2.40. The smallest absolute Gasteiger partial charge is 0.385 e. The van der Waals surface area contributed by atoms with Crippen LogP contribution >= 0.6 is 0 Å². The summed E-state index contributed by atoms with van der Waals surface area (Å²) in [6.45, 7) is -0.118. The maximum atomic E-state index is 14.0. The molecule has 1 amide bonds. The molecule has 1 unspecified atom stereocenters. The molecule has 1 atom stereocenters. The van der Waals surface area contributed by atoms with Gasteiger partial charge in [0.25, 0.3) is 0 Å². The molecule has 1 aliphatic rings. The topological polar surface area (TPSA) is 74.2 Å². The summed E-state index contributed by atoms with van der Waals surface area (Å²) in [4.78, 5) is 16.7. The Hall–Kier alpha value is -2.75. The van der Waals surface area contributed by atoms with E-state index in [2.05, 4.69) is 15.6 Å². The van der Waals surface area contributed by atoms with E-state index in [0.717, 1.165) is 25.1 Å². The second-order valence-corrected chi connectivity index (χ2v) is 7.55. The van der Waals surface area contributed by atoms with E-state index in [1.807, 2.05) is 0 Å². The second kappa shape index (κ2) is 7.82. The number of nitrogens with zero attached hydrogens (tertiary/aromatic N) is 1. The Morgan fingerprint density at radius 3 is 2.30 bits per heavy atom. The molecule has 3 N–H and O–H groups in total. The molecule has 1 heterocycles. The number of nitrogens with one attached hydrogen (secondary N) is 2. The largest absolute Gasteiger partial charge is 0.405 e. The molecule has 1 aromatic heterocycles. The summed E-state index contributed by atoms with van der Waals surface area (Å²) < 4.78 is 65.1. The molecule has 0 spiro atoms. The molecule has 1 fully saturated rings. The lowest BCUT2D eigenvalue weighted by Gasteiger charge is -2.26. The molecule has 5 nitrogen and oxygen atoms in total. The summed E-state index contributed by atoms with van der Waals surface area (Å²) >= 11 is 0. The van der Waals surface area contributed by atoms with Gasteiger partial charge in [0.15, 0.2) is 0 Å². The quantitative estimate of drug-likeness (QED) is 0.587. The van der Waals surface area contributed by atoms with E-state index in [0.29, 0.717) is 18.5 Å². The third-order valence-corrected chi connectivity index (χ3v) is 4.84. The van der Waals surface area contributed by atoms with Crippen LogP contribution in [-0.4, -0.2) is 28.7 Å². The number of halogens is 5.